The van der Waals surface area contributed by atoms with Gasteiger partial charge in [-0.15, -0.1) is 0 Å². The highest BCUT2D eigenvalue weighted by Crippen LogP contribution is 2.26. The fourth-order valence-electron chi connectivity index (χ4n) is 3.24. The molecule has 2 nitrogen and oxygen atoms in total. The standard InChI is InChI=1S/C14H28N2S/c1-3-6-12-10-16(13(4-2)9-15-12)14-7-5-8-17-11-14/h12-15H,3-11H2,1-2H3. The van der Waals surface area contributed by atoms with Crippen LogP contribution in [0.4, 0.5) is 0 Å². The van der Waals surface area contributed by atoms with Gasteiger partial charge in [0.1, 0.15) is 0 Å². The Labute approximate surface area is 111 Å². The zero-order valence-electron chi connectivity index (χ0n) is 11.5. The van der Waals surface area contributed by atoms with Crippen LogP contribution in [0.15, 0.2) is 0 Å². The van der Waals surface area contributed by atoms with Gasteiger partial charge in [-0.25, -0.2) is 0 Å². The lowest BCUT2D eigenvalue weighted by molar-refractivity contribution is 0.0803. The van der Waals surface area contributed by atoms with Crippen molar-refractivity contribution < 1.29 is 0 Å². The van der Waals surface area contributed by atoms with Crippen LogP contribution in [0.1, 0.15) is 46.0 Å². The van der Waals surface area contributed by atoms with Crippen molar-refractivity contribution in [1.82, 2.24) is 10.2 Å². The van der Waals surface area contributed by atoms with E-state index in [2.05, 4.69) is 35.8 Å². The number of nitrogens with one attached hydrogen (secondary N) is 1. The molecule has 1 N–H and O–H groups in total. The molecule has 100 valence electrons. The molecule has 2 rings (SSSR count). The zero-order chi connectivity index (χ0) is 12.1. The molecule has 0 aromatic heterocycles. The van der Waals surface area contributed by atoms with Crippen molar-refractivity contribution in [1.29, 1.82) is 0 Å². The summed E-state index contributed by atoms with van der Waals surface area (Å²) < 4.78 is 0. The number of thioether (sulfide) groups is 1. The molecule has 0 aliphatic carbocycles. The first-order chi connectivity index (χ1) is 8.35. The van der Waals surface area contributed by atoms with Crippen LogP contribution >= 0.6 is 11.8 Å². The van der Waals surface area contributed by atoms with Crippen molar-refractivity contribution >= 4 is 11.8 Å². The lowest BCUT2D eigenvalue weighted by atomic mass is 9.99. The Hall–Kier alpha value is 0.270. The van der Waals surface area contributed by atoms with E-state index in [1.807, 2.05) is 0 Å². The molecule has 2 fully saturated rings. The molecule has 0 spiro atoms. The molecule has 2 aliphatic heterocycles. The molecule has 17 heavy (non-hydrogen) atoms. The average Bonchev–Trinajstić information content (AvgIpc) is 2.40. The predicted molar refractivity (Wildman–Crippen MR) is 77.8 cm³/mol. The van der Waals surface area contributed by atoms with Gasteiger partial charge in [0, 0.05) is 37.0 Å². The Bertz CT molecular complexity index is 216. The maximum absolute atomic E-state index is 3.74. The minimum absolute atomic E-state index is 0.745. The van der Waals surface area contributed by atoms with Crippen LogP contribution in [0.3, 0.4) is 0 Å². The summed E-state index contributed by atoms with van der Waals surface area (Å²) in [6.07, 6.45) is 6.80. The van der Waals surface area contributed by atoms with E-state index in [-0.39, 0.29) is 0 Å². The van der Waals surface area contributed by atoms with E-state index in [4.69, 9.17) is 0 Å². The summed E-state index contributed by atoms with van der Waals surface area (Å²) in [4.78, 5) is 2.84. The molecular formula is C14H28N2S. The molecule has 2 saturated heterocycles. The molecule has 0 aromatic rings. The lowest BCUT2D eigenvalue weighted by Gasteiger charge is -2.45. The van der Waals surface area contributed by atoms with Crippen molar-refractivity contribution in [2.45, 2.75) is 64.1 Å². The maximum Gasteiger partial charge on any atom is 0.0222 e. The lowest BCUT2D eigenvalue weighted by Crippen LogP contribution is -2.60. The normalized spacial score (nSPS) is 36.0. The Morgan fingerprint density at radius 3 is 2.88 bits per heavy atom. The first-order valence-electron chi connectivity index (χ1n) is 7.42. The summed E-state index contributed by atoms with van der Waals surface area (Å²) in [5.41, 5.74) is 0. The number of hydrogen-bond donors (Lipinski definition) is 1. The summed E-state index contributed by atoms with van der Waals surface area (Å²) in [5.74, 6) is 2.76. The van der Waals surface area contributed by atoms with Crippen LogP contribution in [-0.4, -0.2) is 47.6 Å². The van der Waals surface area contributed by atoms with E-state index >= 15 is 0 Å². The van der Waals surface area contributed by atoms with E-state index in [0.29, 0.717) is 0 Å². The van der Waals surface area contributed by atoms with Crippen molar-refractivity contribution in [3.63, 3.8) is 0 Å². The highest BCUT2D eigenvalue weighted by molar-refractivity contribution is 7.99. The van der Waals surface area contributed by atoms with Gasteiger partial charge in [0.25, 0.3) is 0 Å². The molecule has 0 aromatic carbocycles. The summed E-state index contributed by atoms with van der Waals surface area (Å²) in [7, 11) is 0. The zero-order valence-corrected chi connectivity index (χ0v) is 12.3. The van der Waals surface area contributed by atoms with E-state index in [9.17, 15) is 0 Å². The highest BCUT2D eigenvalue weighted by Gasteiger charge is 2.32. The Morgan fingerprint density at radius 1 is 1.35 bits per heavy atom. The molecule has 3 heteroatoms. The van der Waals surface area contributed by atoms with Gasteiger partial charge in [-0.2, -0.15) is 11.8 Å². The first kappa shape index (κ1) is 13.7. The number of hydrogen-bond acceptors (Lipinski definition) is 3. The van der Waals surface area contributed by atoms with Crippen molar-refractivity contribution in [2.75, 3.05) is 24.6 Å². The van der Waals surface area contributed by atoms with E-state index in [0.717, 1.165) is 18.1 Å². The second-order valence-electron chi connectivity index (χ2n) is 5.52. The summed E-state index contributed by atoms with van der Waals surface area (Å²) in [6, 6.07) is 2.39. The molecule has 3 unspecified atom stereocenters. The van der Waals surface area contributed by atoms with Gasteiger partial charge in [0.05, 0.1) is 0 Å². The van der Waals surface area contributed by atoms with Gasteiger partial charge < -0.3 is 5.32 Å². The molecule has 2 heterocycles. The SMILES string of the molecule is CCCC1CN(C2CCCSC2)C(CC)CN1. The van der Waals surface area contributed by atoms with Crippen LogP contribution in [0.25, 0.3) is 0 Å². The van der Waals surface area contributed by atoms with Crippen LogP contribution in [0.2, 0.25) is 0 Å². The van der Waals surface area contributed by atoms with Gasteiger partial charge in [-0.3, -0.25) is 4.90 Å². The molecule has 0 radical (unpaired) electrons. The smallest absolute Gasteiger partial charge is 0.0222 e. The van der Waals surface area contributed by atoms with Crippen LogP contribution < -0.4 is 5.32 Å². The van der Waals surface area contributed by atoms with Gasteiger partial charge in [-0.1, -0.05) is 20.3 Å². The summed E-state index contributed by atoms with van der Waals surface area (Å²) in [5, 5.41) is 3.74. The van der Waals surface area contributed by atoms with Gasteiger partial charge >= 0.3 is 0 Å². The molecule has 0 bridgehead atoms. The Balaban J connectivity index is 1.93. The maximum atomic E-state index is 3.74. The summed E-state index contributed by atoms with van der Waals surface area (Å²) in [6.45, 7) is 7.14. The molecule has 0 saturated carbocycles. The third-order valence-corrected chi connectivity index (χ3v) is 5.45. The van der Waals surface area contributed by atoms with Crippen molar-refractivity contribution in [2.24, 2.45) is 0 Å². The highest BCUT2D eigenvalue weighted by atomic mass is 32.2. The number of rotatable bonds is 4. The quantitative estimate of drug-likeness (QED) is 0.832. The molecule has 0 amide bonds. The minimum Gasteiger partial charge on any atom is -0.311 e. The van der Waals surface area contributed by atoms with Crippen LogP contribution in [0.5, 0.6) is 0 Å². The molecule has 3 atom stereocenters. The first-order valence-corrected chi connectivity index (χ1v) is 8.57. The Kier molecular flexibility index (Phi) is 5.64. The second kappa shape index (κ2) is 7.01. The van der Waals surface area contributed by atoms with E-state index in [1.165, 1.54) is 56.7 Å². The largest absolute Gasteiger partial charge is 0.311 e. The van der Waals surface area contributed by atoms with E-state index in [1.54, 1.807) is 0 Å². The number of nitrogens with zero attached hydrogens (tertiary/aromatic N) is 1. The number of piperazine rings is 1. The fourth-order valence-corrected chi connectivity index (χ4v) is 4.41. The van der Waals surface area contributed by atoms with E-state index < -0.39 is 0 Å². The second-order valence-corrected chi connectivity index (χ2v) is 6.67. The van der Waals surface area contributed by atoms with Crippen LogP contribution in [0, 0.1) is 0 Å². The van der Waals surface area contributed by atoms with Crippen molar-refractivity contribution in [3.05, 3.63) is 0 Å². The van der Waals surface area contributed by atoms with Gasteiger partial charge in [0.2, 0.25) is 0 Å². The monoisotopic (exact) mass is 256 g/mol. The Morgan fingerprint density at radius 2 is 2.24 bits per heavy atom. The third-order valence-electron chi connectivity index (χ3n) is 4.26. The molecule has 2 aliphatic rings. The minimum atomic E-state index is 0.745. The van der Waals surface area contributed by atoms with Gasteiger partial charge in [-0.05, 0) is 31.4 Å². The fraction of sp³-hybridized carbons (Fsp3) is 1.00. The van der Waals surface area contributed by atoms with Crippen LogP contribution in [-0.2, 0) is 0 Å². The van der Waals surface area contributed by atoms with Crippen molar-refractivity contribution in [3.8, 4) is 0 Å². The topological polar surface area (TPSA) is 15.3 Å². The third kappa shape index (κ3) is 3.62. The van der Waals surface area contributed by atoms with Gasteiger partial charge in [0.15, 0.2) is 0 Å². The predicted octanol–water partition coefficient (Wildman–Crippen LogP) is 2.73. The molecular weight excluding hydrogens is 228 g/mol. The summed E-state index contributed by atoms with van der Waals surface area (Å²) >= 11 is 2.16. The average molecular weight is 256 g/mol.